The van der Waals surface area contributed by atoms with E-state index in [-0.39, 0.29) is 47.3 Å². The zero-order valence-corrected chi connectivity index (χ0v) is 19.3. The first kappa shape index (κ1) is 24.1. The molecule has 4 rings (SSSR count). The van der Waals surface area contributed by atoms with Gasteiger partial charge in [0.15, 0.2) is 0 Å². The number of β-lactam (4-membered cyclic amide) rings is 1. The summed E-state index contributed by atoms with van der Waals surface area (Å²) in [4.78, 5) is 26.6. The van der Waals surface area contributed by atoms with Crippen molar-refractivity contribution in [1.29, 1.82) is 0 Å². The van der Waals surface area contributed by atoms with E-state index in [1.165, 1.54) is 16.0 Å². The highest BCUT2D eigenvalue weighted by Crippen LogP contribution is 2.52. The van der Waals surface area contributed by atoms with Crippen LogP contribution in [-0.2, 0) is 16.0 Å². The van der Waals surface area contributed by atoms with Gasteiger partial charge in [-0.3, -0.25) is 4.79 Å². The molecule has 9 heteroatoms. The Morgan fingerprint density at radius 1 is 1.35 bits per heavy atom. The van der Waals surface area contributed by atoms with E-state index in [2.05, 4.69) is 29.6 Å². The molecule has 5 N–H and O–H groups in total. The second kappa shape index (κ2) is 9.50. The van der Waals surface area contributed by atoms with Gasteiger partial charge in [0.1, 0.15) is 5.70 Å². The van der Waals surface area contributed by atoms with E-state index in [0.29, 0.717) is 6.54 Å². The number of aliphatic hydroxyl groups is 1. The van der Waals surface area contributed by atoms with Crippen LogP contribution in [0.4, 0.5) is 0 Å². The van der Waals surface area contributed by atoms with Crippen LogP contribution >= 0.6 is 24.2 Å². The Morgan fingerprint density at radius 2 is 2.03 bits per heavy atom. The molecule has 0 saturated carbocycles. The van der Waals surface area contributed by atoms with Crippen LogP contribution in [0.25, 0.3) is 0 Å². The van der Waals surface area contributed by atoms with Crippen molar-refractivity contribution in [2.75, 3.05) is 13.1 Å². The Morgan fingerprint density at radius 3 is 2.61 bits per heavy atom. The number of nitrogens with two attached hydrogens (primary N) is 1. The standard InChI is InChI=1S/C22H29N3O4S.ClH/c1-11-18-17(12(2)26)21(27)25(18)19(22(28)29)20(11)30-15-9-16(24-10-15)14-5-3-13(4-6-14)7-8-23;/h3-6,11-12,15-18,24,26H,7-10,23H2,1-2H3,(H,28,29);1H/t11-,12?,15-,16?,17+,18-;/m0./s1. The number of carbonyl (C=O) groups is 2. The minimum atomic E-state index is -1.07. The van der Waals surface area contributed by atoms with Crippen LogP contribution in [0.2, 0.25) is 0 Å². The predicted octanol–water partition coefficient (Wildman–Crippen LogP) is 1.90. The fourth-order valence-corrected chi connectivity index (χ4v) is 6.47. The van der Waals surface area contributed by atoms with E-state index in [9.17, 15) is 19.8 Å². The highest BCUT2D eigenvalue weighted by Gasteiger charge is 2.60. The number of benzene rings is 1. The molecule has 170 valence electrons. The van der Waals surface area contributed by atoms with E-state index < -0.39 is 18.0 Å². The van der Waals surface area contributed by atoms with Gasteiger partial charge in [-0.05, 0) is 37.4 Å². The number of carbonyl (C=O) groups excluding carboxylic acids is 1. The van der Waals surface area contributed by atoms with Crippen molar-refractivity contribution in [1.82, 2.24) is 10.2 Å². The smallest absolute Gasteiger partial charge is 0.353 e. The third kappa shape index (κ3) is 4.24. The molecule has 31 heavy (non-hydrogen) atoms. The zero-order chi connectivity index (χ0) is 21.6. The quantitative estimate of drug-likeness (QED) is 0.452. The summed E-state index contributed by atoms with van der Waals surface area (Å²) in [5.74, 6) is -1.96. The van der Waals surface area contributed by atoms with Gasteiger partial charge in [-0.2, -0.15) is 0 Å². The van der Waals surface area contributed by atoms with Crippen molar-refractivity contribution in [2.24, 2.45) is 17.6 Å². The van der Waals surface area contributed by atoms with Crippen LogP contribution < -0.4 is 11.1 Å². The largest absolute Gasteiger partial charge is 0.477 e. The number of aliphatic carboxylic acids is 1. The molecule has 2 fully saturated rings. The normalized spacial score (nSPS) is 30.6. The summed E-state index contributed by atoms with van der Waals surface area (Å²) < 4.78 is 0. The van der Waals surface area contributed by atoms with Crippen molar-refractivity contribution in [3.05, 3.63) is 46.0 Å². The summed E-state index contributed by atoms with van der Waals surface area (Å²) in [7, 11) is 0. The van der Waals surface area contributed by atoms with E-state index in [0.717, 1.165) is 24.3 Å². The first-order valence-electron chi connectivity index (χ1n) is 10.5. The van der Waals surface area contributed by atoms with Crippen molar-refractivity contribution >= 4 is 36.0 Å². The Hall–Kier alpha value is -1.58. The lowest BCUT2D eigenvalue weighted by molar-refractivity contribution is -0.163. The van der Waals surface area contributed by atoms with E-state index in [1.54, 1.807) is 18.7 Å². The SMILES string of the molecule is CC(O)[C@H]1C(=O)N2C(C(=O)O)=C(S[C@@H]3CNC(c4ccc(CCN)cc4)C3)[C@@H](C)[C@@H]12.Cl. The summed E-state index contributed by atoms with van der Waals surface area (Å²) in [5, 5.41) is 23.5. The highest BCUT2D eigenvalue weighted by molar-refractivity contribution is 8.03. The summed E-state index contributed by atoms with van der Waals surface area (Å²) in [6.45, 7) is 4.98. The van der Waals surface area contributed by atoms with Crippen LogP contribution in [0, 0.1) is 11.8 Å². The number of carboxylic acids is 1. The van der Waals surface area contributed by atoms with Crippen LogP contribution in [0.1, 0.15) is 37.4 Å². The molecule has 3 aliphatic rings. The molecule has 0 radical (unpaired) electrons. The summed E-state index contributed by atoms with van der Waals surface area (Å²) in [6.07, 6.45) is 0.980. The molecular formula is C22H30ClN3O4S. The summed E-state index contributed by atoms with van der Waals surface area (Å²) >= 11 is 1.58. The Bertz CT molecular complexity index is 876. The molecule has 0 spiro atoms. The molecule has 0 aliphatic carbocycles. The van der Waals surface area contributed by atoms with Gasteiger partial charge in [0, 0.05) is 28.7 Å². The number of thioether (sulfide) groups is 1. The minimum Gasteiger partial charge on any atom is -0.477 e. The first-order chi connectivity index (χ1) is 14.3. The maximum atomic E-state index is 12.5. The lowest BCUT2D eigenvalue weighted by atomic mass is 9.79. The highest BCUT2D eigenvalue weighted by atomic mass is 35.5. The van der Waals surface area contributed by atoms with Gasteiger partial charge in [0.05, 0.1) is 18.1 Å². The van der Waals surface area contributed by atoms with Crippen LogP contribution in [0.3, 0.4) is 0 Å². The third-order valence-electron chi connectivity index (χ3n) is 6.51. The second-order valence-corrected chi connectivity index (χ2v) is 9.83. The molecule has 2 unspecified atom stereocenters. The van der Waals surface area contributed by atoms with Crippen LogP contribution in [0.15, 0.2) is 34.9 Å². The molecule has 1 aromatic rings. The van der Waals surface area contributed by atoms with Gasteiger partial charge < -0.3 is 26.2 Å². The predicted molar refractivity (Wildman–Crippen MR) is 123 cm³/mol. The average molecular weight is 468 g/mol. The average Bonchev–Trinajstić information content (AvgIpc) is 3.25. The fraction of sp³-hybridized carbons (Fsp3) is 0.545. The van der Waals surface area contributed by atoms with E-state index in [4.69, 9.17) is 5.73 Å². The van der Waals surface area contributed by atoms with Crippen molar-refractivity contribution < 1.29 is 19.8 Å². The third-order valence-corrected chi connectivity index (χ3v) is 8.02. The minimum absolute atomic E-state index is 0. The van der Waals surface area contributed by atoms with Crippen molar-refractivity contribution in [3.63, 3.8) is 0 Å². The second-order valence-electron chi connectivity index (χ2n) is 8.49. The number of rotatable bonds is 7. The van der Waals surface area contributed by atoms with Crippen molar-refractivity contribution in [2.45, 2.75) is 50.1 Å². The number of halogens is 1. The van der Waals surface area contributed by atoms with Gasteiger partial charge in [-0.25, -0.2) is 4.79 Å². The number of hydrogen-bond donors (Lipinski definition) is 4. The molecule has 7 nitrogen and oxygen atoms in total. The molecule has 0 aromatic heterocycles. The maximum Gasteiger partial charge on any atom is 0.353 e. The number of aliphatic hydroxyl groups excluding tert-OH is 1. The molecule has 1 aromatic carbocycles. The van der Waals surface area contributed by atoms with Crippen LogP contribution in [0.5, 0.6) is 0 Å². The first-order valence-corrected chi connectivity index (χ1v) is 11.4. The Kier molecular flexibility index (Phi) is 7.38. The fourth-order valence-electron chi connectivity index (χ4n) is 4.99. The Balaban J connectivity index is 0.00000272. The van der Waals surface area contributed by atoms with Gasteiger partial charge in [-0.15, -0.1) is 24.2 Å². The number of fused-ring (bicyclic) bond motifs is 1. The molecule has 6 atom stereocenters. The lowest BCUT2D eigenvalue weighted by Crippen LogP contribution is -2.63. The Labute approximate surface area is 192 Å². The number of hydrogen-bond acceptors (Lipinski definition) is 6. The molecule has 3 aliphatic heterocycles. The summed E-state index contributed by atoms with van der Waals surface area (Å²) in [6, 6.07) is 8.46. The number of nitrogens with zero attached hydrogens (tertiary/aromatic N) is 1. The lowest BCUT2D eigenvalue weighted by Gasteiger charge is -2.46. The van der Waals surface area contributed by atoms with Gasteiger partial charge in [0.2, 0.25) is 5.91 Å². The topological polar surface area (TPSA) is 116 Å². The van der Waals surface area contributed by atoms with Gasteiger partial charge >= 0.3 is 5.97 Å². The number of nitrogens with one attached hydrogen (secondary N) is 1. The van der Waals surface area contributed by atoms with Crippen LogP contribution in [-0.4, -0.2) is 57.5 Å². The molecular weight excluding hydrogens is 438 g/mol. The monoisotopic (exact) mass is 467 g/mol. The van der Waals surface area contributed by atoms with E-state index >= 15 is 0 Å². The molecule has 2 saturated heterocycles. The maximum absolute atomic E-state index is 12.5. The molecule has 1 amide bonds. The molecule has 0 bridgehead atoms. The number of carboxylic acid groups (broad SMARTS) is 1. The van der Waals surface area contributed by atoms with Gasteiger partial charge in [0.25, 0.3) is 0 Å². The number of amides is 1. The zero-order valence-electron chi connectivity index (χ0n) is 17.7. The molecule has 3 heterocycles. The van der Waals surface area contributed by atoms with Crippen molar-refractivity contribution in [3.8, 4) is 0 Å². The van der Waals surface area contributed by atoms with Gasteiger partial charge in [-0.1, -0.05) is 31.2 Å². The summed E-state index contributed by atoms with van der Waals surface area (Å²) in [5.41, 5.74) is 8.17. The van der Waals surface area contributed by atoms with E-state index in [1.807, 2.05) is 6.92 Å².